The summed E-state index contributed by atoms with van der Waals surface area (Å²) in [5, 5.41) is 20.2. The summed E-state index contributed by atoms with van der Waals surface area (Å²) in [7, 11) is -3.68. The first kappa shape index (κ1) is 22.3. The summed E-state index contributed by atoms with van der Waals surface area (Å²) in [6.07, 6.45) is 1.57. The Hall–Kier alpha value is -2.02. The number of carboxylic acid groups (broad SMARTS) is 2. The highest BCUT2D eigenvalue weighted by Crippen LogP contribution is 2.26. The molecule has 3 heterocycles. The predicted molar refractivity (Wildman–Crippen MR) is 97.4 cm³/mol. The van der Waals surface area contributed by atoms with Crippen molar-refractivity contribution in [1.82, 2.24) is 19.0 Å². The summed E-state index contributed by atoms with van der Waals surface area (Å²) < 4.78 is 35.0. The van der Waals surface area contributed by atoms with E-state index < -0.39 is 16.0 Å². The molecule has 0 saturated carbocycles. The zero-order valence-corrected chi connectivity index (χ0v) is 16.7. The zero-order valence-electron chi connectivity index (χ0n) is 15.9. The van der Waals surface area contributed by atoms with E-state index in [1.54, 1.807) is 17.8 Å². The Morgan fingerprint density at radius 2 is 2.04 bits per heavy atom. The van der Waals surface area contributed by atoms with Crippen LogP contribution in [0.1, 0.15) is 12.6 Å². The van der Waals surface area contributed by atoms with Crippen LogP contribution >= 0.6 is 0 Å². The van der Waals surface area contributed by atoms with Crippen LogP contribution < -0.4 is 0 Å². The largest absolute Gasteiger partial charge is 0.483 e. The number of carboxylic acids is 1. The topological polar surface area (TPSA) is 142 Å². The molecular formula is C16H26N4O7S. The first-order valence-corrected chi connectivity index (χ1v) is 10.3. The summed E-state index contributed by atoms with van der Waals surface area (Å²) in [6.45, 7) is 5.68. The van der Waals surface area contributed by atoms with Crippen LogP contribution in [-0.4, -0.2) is 95.5 Å². The van der Waals surface area contributed by atoms with Crippen molar-refractivity contribution in [2.24, 2.45) is 5.92 Å². The molecule has 0 spiro atoms. The second kappa shape index (κ2) is 9.45. The lowest BCUT2D eigenvalue weighted by atomic mass is 10.1. The number of fused-ring (bicyclic) bond motifs is 3. The average molecular weight is 418 g/mol. The van der Waals surface area contributed by atoms with Crippen molar-refractivity contribution in [3.63, 3.8) is 0 Å². The van der Waals surface area contributed by atoms with E-state index in [2.05, 4.69) is 5.10 Å². The number of aromatic nitrogens is 2. The third-order valence-electron chi connectivity index (χ3n) is 4.73. The first-order chi connectivity index (χ1) is 13.2. The third-order valence-corrected chi connectivity index (χ3v) is 6.67. The minimum absolute atomic E-state index is 0.0526. The van der Waals surface area contributed by atoms with Gasteiger partial charge in [-0.25, -0.2) is 8.42 Å². The molecule has 2 aliphatic heterocycles. The van der Waals surface area contributed by atoms with Crippen molar-refractivity contribution in [3.8, 4) is 0 Å². The van der Waals surface area contributed by atoms with E-state index in [0.29, 0.717) is 38.5 Å². The molecule has 1 aromatic rings. The van der Waals surface area contributed by atoms with Crippen molar-refractivity contribution in [3.05, 3.63) is 11.9 Å². The fourth-order valence-corrected chi connectivity index (χ4v) is 5.23. The molecule has 2 saturated heterocycles. The molecule has 28 heavy (non-hydrogen) atoms. The van der Waals surface area contributed by atoms with Gasteiger partial charge >= 0.3 is 5.97 Å². The van der Waals surface area contributed by atoms with Crippen molar-refractivity contribution < 1.29 is 33.0 Å². The maximum absolute atomic E-state index is 13.1. The molecule has 2 aliphatic rings. The Balaban J connectivity index is 0.000000878. The Labute approximate surface area is 163 Å². The van der Waals surface area contributed by atoms with Gasteiger partial charge in [-0.05, 0) is 13.8 Å². The van der Waals surface area contributed by atoms with E-state index in [1.165, 1.54) is 4.31 Å². The highest BCUT2D eigenvalue weighted by molar-refractivity contribution is 7.89. The van der Waals surface area contributed by atoms with E-state index in [1.807, 2.05) is 11.8 Å². The lowest BCUT2D eigenvalue weighted by molar-refractivity contribution is -0.139. The van der Waals surface area contributed by atoms with Crippen LogP contribution in [-0.2, 0) is 30.9 Å². The van der Waals surface area contributed by atoms with Crippen molar-refractivity contribution in [2.45, 2.75) is 31.3 Å². The van der Waals surface area contributed by atoms with Crippen LogP contribution in [0.5, 0.6) is 0 Å². The van der Waals surface area contributed by atoms with Crippen molar-refractivity contribution >= 4 is 22.5 Å². The van der Waals surface area contributed by atoms with E-state index in [4.69, 9.17) is 19.7 Å². The smallest absolute Gasteiger partial charge is 0.317 e. The summed E-state index contributed by atoms with van der Waals surface area (Å²) >= 11 is 0. The number of ether oxygens (including phenoxy) is 1. The summed E-state index contributed by atoms with van der Waals surface area (Å²) in [6, 6.07) is -0.264. The maximum Gasteiger partial charge on any atom is 0.317 e. The molecule has 2 N–H and O–H groups in total. The quantitative estimate of drug-likeness (QED) is 0.595. The summed E-state index contributed by atoms with van der Waals surface area (Å²) in [4.78, 5) is 21.5. The Morgan fingerprint density at radius 1 is 1.36 bits per heavy atom. The van der Waals surface area contributed by atoms with E-state index in [0.717, 1.165) is 0 Å². The SMILES string of the molecule is CCn1cc(S(=O)(=O)N2C[C@@H]3COC[C@H](C2)N(CC(=O)O)C3)c(C)n1.O=CO. The molecule has 2 fully saturated rings. The number of aryl methyl sites for hydroxylation is 2. The second-order valence-electron chi connectivity index (χ2n) is 6.74. The normalized spacial score (nSPS) is 23.4. The van der Waals surface area contributed by atoms with Gasteiger partial charge in [0.25, 0.3) is 6.47 Å². The fraction of sp³-hybridized carbons (Fsp3) is 0.688. The number of carbonyl (C=O) groups is 2. The highest BCUT2D eigenvalue weighted by Gasteiger charge is 2.39. The number of nitrogens with zero attached hydrogens (tertiary/aromatic N) is 4. The van der Waals surface area contributed by atoms with Crippen LogP contribution in [0.4, 0.5) is 0 Å². The lowest BCUT2D eigenvalue weighted by Gasteiger charge is -2.29. The molecule has 0 aromatic carbocycles. The van der Waals surface area contributed by atoms with E-state index >= 15 is 0 Å². The van der Waals surface area contributed by atoms with Crippen LogP contribution in [0.2, 0.25) is 0 Å². The molecule has 11 nitrogen and oxygen atoms in total. The summed E-state index contributed by atoms with van der Waals surface area (Å²) in [5.74, 6) is -0.967. The van der Waals surface area contributed by atoms with Crippen LogP contribution in [0.15, 0.2) is 11.1 Å². The monoisotopic (exact) mass is 418 g/mol. The standard InChI is InChI=1S/C15H24N4O5S.CH2O2/c1-3-18-7-14(11(2)16-18)25(22,23)19-5-12-4-17(8-15(20)21)13(6-19)10-24-9-12;2-1-3/h7,12-13H,3-6,8-10H2,1-2H3,(H,20,21);1H,(H,2,3)/t12-,13+;/m1./s1. The van der Waals surface area contributed by atoms with Gasteiger partial charge in [-0.2, -0.15) is 9.40 Å². The highest BCUT2D eigenvalue weighted by atomic mass is 32.2. The molecule has 0 aliphatic carbocycles. The van der Waals surface area contributed by atoms with Crippen molar-refractivity contribution in [1.29, 1.82) is 0 Å². The maximum atomic E-state index is 13.1. The van der Waals surface area contributed by atoms with Crippen LogP contribution in [0.25, 0.3) is 0 Å². The van der Waals surface area contributed by atoms with Crippen LogP contribution in [0.3, 0.4) is 0 Å². The molecule has 1 aromatic heterocycles. The fourth-order valence-electron chi connectivity index (χ4n) is 3.50. The molecule has 2 atom stereocenters. The average Bonchev–Trinajstić information content (AvgIpc) is 2.77. The van der Waals surface area contributed by atoms with Gasteiger partial charge < -0.3 is 14.9 Å². The summed E-state index contributed by atoms with van der Waals surface area (Å²) in [5.41, 5.74) is 0.481. The molecule has 0 amide bonds. The molecule has 3 rings (SSSR count). The molecule has 0 unspecified atom stereocenters. The molecule has 0 radical (unpaired) electrons. The number of aliphatic carboxylic acids is 1. The van der Waals surface area contributed by atoms with Gasteiger partial charge in [-0.15, -0.1) is 0 Å². The Bertz CT molecular complexity index is 795. The van der Waals surface area contributed by atoms with Gasteiger partial charge in [0, 0.05) is 44.3 Å². The zero-order chi connectivity index (χ0) is 20.9. The number of hydrogen-bond donors (Lipinski definition) is 2. The van der Waals surface area contributed by atoms with Gasteiger partial charge in [-0.3, -0.25) is 19.2 Å². The molecule has 12 heteroatoms. The Kier molecular flexibility index (Phi) is 7.52. The van der Waals surface area contributed by atoms with Crippen LogP contribution in [0, 0.1) is 12.8 Å². The van der Waals surface area contributed by atoms with Gasteiger partial charge in [0.05, 0.1) is 25.5 Å². The number of sulfonamides is 1. The van der Waals surface area contributed by atoms with Gasteiger partial charge in [0.1, 0.15) is 4.90 Å². The molecule has 2 bridgehead atoms. The second-order valence-corrected chi connectivity index (χ2v) is 8.65. The van der Waals surface area contributed by atoms with Gasteiger partial charge in [0.15, 0.2) is 0 Å². The minimum Gasteiger partial charge on any atom is -0.483 e. The first-order valence-electron chi connectivity index (χ1n) is 8.88. The number of hydrogen-bond acceptors (Lipinski definition) is 7. The molecular weight excluding hydrogens is 392 g/mol. The Morgan fingerprint density at radius 3 is 2.61 bits per heavy atom. The molecule has 158 valence electrons. The predicted octanol–water partition coefficient (Wildman–Crippen LogP) is -0.682. The van der Waals surface area contributed by atoms with E-state index in [-0.39, 0.29) is 36.4 Å². The van der Waals surface area contributed by atoms with Gasteiger partial charge in [-0.1, -0.05) is 0 Å². The van der Waals surface area contributed by atoms with Gasteiger partial charge in [0.2, 0.25) is 10.0 Å². The third kappa shape index (κ3) is 5.07. The number of rotatable bonds is 5. The van der Waals surface area contributed by atoms with Crippen molar-refractivity contribution in [2.75, 3.05) is 39.4 Å². The lowest BCUT2D eigenvalue weighted by Crippen LogP contribution is -2.47. The van der Waals surface area contributed by atoms with E-state index in [9.17, 15) is 13.2 Å². The minimum atomic E-state index is -3.68.